The number of halogens is 1. The highest BCUT2D eigenvalue weighted by atomic mass is 79.9. The fourth-order valence-corrected chi connectivity index (χ4v) is 3.48. The Hall–Kier alpha value is 0.01000. The maximum absolute atomic E-state index is 3.53. The molecule has 2 atom stereocenters. The van der Waals surface area contributed by atoms with Gasteiger partial charge in [-0.3, -0.25) is 0 Å². The summed E-state index contributed by atoms with van der Waals surface area (Å²) in [6, 6.07) is 7.08. The summed E-state index contributed by atoms with van der Waals surface area (Å²) in [4.78, 5) is 1.42. The first-order valence-electron chi connectivity index (χ1n) is 4.84. The van der Waals surface area contributed by atoms with Crippen molar-refractivity contribution in [3.8, 4) is 0 Å². The summed E-state index contributed by atoms with van der Waals surface area (Å²) in [5.41, 5.74) is 1.44. The minimum absolute atomic E-state index is 0.513. The van der Waals surface area contributed by atoms with Crippen LogP contribution in [0.25, 0.3) is 0 Å². The highest BCUT2D eigenvalue weighted by Gasteiger charge is 2.23. The molecule has 2 rings (SSSR count). The van der Waals surface area contributed by atoms with Crippen molar-refractivity contribution < 1.29 is 0 Å². The predicted octanol–water partition coefficient (Wildman–Crippen LogP) is 3.59. The third-order valence-corrected chi connectivity index (χ3v) is 4.31. The van der Waals surface area contributed by atoms with Crippen molar-refractivity contribution >= 4 is 27.7 Å². The van der Waals surface area contributed by atoms with E-state index in [1.807, 2.05) is 18.8 Å². The average Bonchev–Trinajstić information content (AvgIpc) is 2.17. The molecule has 1 aliphatic rings. The van der Waals surface area contributed by atoms with Crippen molar-refractivity contribution in [2.75, 3.05) is 7.05 Å². The molecule has 0 bridgehead atoms. The van der Waals surface area contributed by atoms with Crippen LogP contribution in [0.15, 0.2) is 27.6 Å². The van der Waals surface area contributed by atoms with E-state index in [9.17, 15) is 0 Å². The van der Waals surface area contributed by atoms with Gasteiger partial charge in [-0.25, -0.2) is 0 Å². The van der Waals surface area contributed by atoms with Crippen LogP contribution < -0.4 is 5.32 Å². The summed E-state index contributed by atoms with van der Waals surface area (Å²) < 4.78 is 1.17. The van der Waals surface area contributed by atoms with Gasteiger partial charge in [0.2, 0.25) is 0 Å². The van der Waals surface area contributed by atoms with Crippen molar-refractivity contribution in [2.24, 2.45) is 0 Å². The fraction of sp³-hybridized carbons (Fsp3) is 0.455. The molecule has 1 aromatic carbocycles. The molecule has 0 aliphatic carbocycles. The number of hydrogen-bond acceptors (Lipinski definition) is 2. The minimum atomic E-state index is 0.513. The number of thioether (sulfide) groups is 1. The Kier molecular flexibility index (Phi) is 3.20. The first-order chi connectivity index (χ1) is 6.70. The molecule has 0 amide bonds. The van der Waals surface area contributed by atoms with E-state index < -0.39 is 0 Å². The summed E-state index contributed by atoms with van der Waals surface area (Å²) in [6.45, 7) is 2.29. The Balaban J connectivity index is 2.41. The van der Waals surface area contributed by atoms with E-state index in [4.69, 9.17) is 0 Å². The minimum Gasteiger partial charge on any atom is -0.313 e. The quantitative estimate of drug-likeness (QED) is 0.838. The van der Waals surface area contributed by atoms with Crippen LogP contribution >= 0.6 is 27.7 Å². The van der Waals surface area contributed by atoms with Gasteiger partial charge in [0.1, 0.15) is 0 Å². The smallest absolute Gasteiger partial charge is 0.0339 e. The summed E-state index contributed by atoms with van der Waals surface area (Å²) >= 11 is 5.50. The molecule has 2 unspecified atom stereocenters. The topological polar surface area (TPSA) is 12.0 Å². The molecule has 0 fully saturated rings. The Bertz CT molecular complexity index is 340. The van der Waals surface area contributed by atoms with E-state index in [1.54, 1.807) is 0 Å². The molecule has 14 heavy (non-hydrogen) atoms. The van der Waals surface area contributed by atoms with Crippen LogP contribution in [0, 0.1) is 0 Å². The molecule has 1 nitrogen and oxygen atoms in total. The van der Waals surface area contributed by atoms with Gasteiger partial charge in [-0.05, 0) is 37.2 Å². The molecule has 0 radical (unpaired) electrons. The van der Waals surface area contributed by atoms with Gasteiger partial charge in [0.25, 0.3) is 0 Å². The lowest BCUT2D eigenvalue weighted by atomic mass is 10.0. The van der Waals surface area contributed by atoms with Crippen molar-refractivity contribution in [1.82, 2.24) is 5.32 Å². The second kappa shape index (κ2) is 4.25. The van der Waals surface area contributed by atoms with Gasteiger partial charge < -0.3 is 5.32 Å². The monoisotopic (exact) mass is 271 g/mol. The van der Waals surface area contributed by atoms with Crippen LogP contribution in [0.1, 0.15) is 24.9 Å². The molecule has 1 aliphatic heterocycles. The van der Waals surface area contributed by atoms with Gasteiger partial charge in [-0.2, -0.15) is 0 Å². The summed E-state index contributed by atoms with van der Waals surface area (Å²) in [6.07, 6.45) is 1.21. The third-order valence-electron chi connectivity index (χ3n) is 2.59. The van der Waals surface area contributed by atoms with E-state index in [-0.39, 0.29) is 0 Å². The maximum Gasteiger partial charge on any atom is 0.0339 e. The summed E-state index contributed by atoms with van der Waals surface area (Å²) in [5.74, 6) is 0. The molecule has 3 heteroatoms. The van der Waals surface area contributed by atoms with Gasteiger partial charge in [0.15, 0.2) is 0 Å². The van der Waals surface area contributed by atoms with Crippen LogP contribution in [0.3, 0.4) is 0 Å². The normalized spacial score (nSPS) is 25.9. The van der Waals surface area contributed by atoms with Crippen molar-refractivity contribution in [3.63, 3.8) is 0 Å². The lowest BCUT2D eigenvalue weighted by molar-refractivity contribution is 0.531. The van der Waals surface area contributed by atoms with E-state index in [0.29, 0.717) is 11.3 Å². The van der Waals surface area contributed by atoms with E-state index in [1.165, 1.54) is 21.4 Å². The second-order valence-electron chi connectivity index (χ2n) is 3.69. The van der Waals surface area contributed by atoms with Crippen molar-refractivity contribution in [2.45, 2.75) is 29.5 Å². The van der Waals surface area contributed by atoms with Crippen LogP contribution in [0.2, 0.25) is 0 Å². The largest absolute Gasteiger partial charge is 0.313 e. The molecule has 1 aromatic rings. The molecular weight excluding hydrogens is 258 g/mol. The van der Waals surface area contributed by atoms with Crippen molar-refractivity contribution in [1.29, 1.82) is 0 Å². The number of rotatable bonds is 1. The van der Waals surface area contributed by atoms with Crippen LogP contribution in [0.5, 0.6) is 0 Å². The molecule has 76 valence electrons. The zero-order chi connectivity index (χ0) is 10.1. The molecule has 0 saturated carbocycles. The van der Waals surface area contributed by atoms with Gasteiger partial charge in [-0.15, -0.1) is 11.8 Å². The zero-order valence-corrected chi connectivity index (χ0v) is 10.8. The molecule has 0 saturated heterocycles. The lowest BCUT2D eigenvalue weighted by Gasteiger charge is -2.29. The Labute approximate surface area is 97.8 Å². The maximum atomic E-state index is 3.53. The third kappa shape index (κ3) is 2.00. The predicted molar refractivity (Wildman–Crippen MR) is 65.9 cm³/mol. The Morgan fingerprint density at radius 1 is 1.50 bits per heavy atom. The summed E-state index contributed by atoms with van der Waals surface area (Å²) in [7, 11) is 2.04. The van der Waals surface area contributed by atoms with E-state index in [2.05, 4.69) is 46.4 Å². The number of hydrogen-bond donors (Lipinski definition) is 1. The van der Waals surface area contributed by atoms with Crippen LogP contribution in [0.4, 0.5) is 0 Å². The summed E-state index contributed by atoms with van der Waals surface area (Å²) in [5, 5.41) is 4.09. The SMILES string of the molecule is CNC1CC(C)Sc2ccc(Br)cc21. The lowest BCUT2D eigenvalue weighted by Crippen LogP contribution is -2.23. The molecule has 0 aromatic heterocycles. The Morgan fingerprint density at radius 3 is 3.00 bits per heavy atom. The van der Waals surface area contributed by atoms with E-state index >= 15 is 0 Å². The highest BCUT2D eigenvalue weighted by molar-refractivity contribution is 9.10. The van der Waals surface area contributed by atoms with E-state index in [0.717, 1.165) is 0 Å². The zero-order valence-electron chi connectivity index (χ0n) is 8.38. The van der Waals surface area contributed by atoms with Gasteiger partial charge in [-0.1, -0.05) is 22.9 Å². The van der Waals surface area contributed by atoms with Crippen molar-refractivity contribution in [3.05, 3.63) is 28.2 Å². The highest BCUT2D eigenvalue weighted by Crippen LogP contribution is 2.41. The second-order valence-corrected chi connectivity index (χ2v) is 6.08. The first kappa shape index (κ1) is 10.5. The fourth-order valence-electron chi connectivity index (χ4n) is 1.90. The Morgan fingerprint density at radius 2 is 2.29 bits per heavy atom. The molecule has 1 heterocycles. The molecular formula is C11H14BrNS. The van der Waals surface area contributed by atoms with Gasteiger partial charge >= 0.3 is 0 Å². The number of fused-ring (bicyclic) bond motifs is 1. The standard InChI is InChI=1S/C11H14BrNS/c1-7-5-10(13-2)9-6-8(12)3-4-11(9)14-7/h3-4,6-7,10,13H,5H2,1-2H3. The van der Waals surface area contributed by atoms with Crippen LogP contribution in [-0.2, 0) is 0 Å². The molecule has 1 N–H and O–H groups in total. The molecule has 0 spiro atoms. The van der Waals surface area contributed by atoms with Gasteiger partial charge in [0.05, 0.1) is 0 Å². The number of benzene rings is 1. The van der Waals surface area contributed by atoms with Crippen LogP contribution in [-0.4, -0.2) is 12.3 Å². The van der Waals surface area contributed by atoms with Gasteiger partial charge in [0, 0.05) is 20.7 Å². The number of nitrogens with one attached hydrogen (secondary N) is 1. The average molecular weight is 272 g/mol. The first-order valence-corrected chi connectivity index (χ1v) is 6.51.